The monoisotopic (exact) mass is 431 g/mol. The Balaban J connectivity index is 1.33. The zero-order valence-corrected chi connectivity index (χ0v) is 18.1. The fourth-order valence-electron chi connectivity index (χ4n) is 3.55. The molecule has 0 N–H and O–H groups in total. The first kappa shape index (κ1) is 21.3. The highest BCUT2D eigenvalue weighted by molar-refractivity contribution is 5.92. The minimum absolute atomic E-state index is 0.0163. The van der Waals surface area contributed by atoms with Crippen LogP contribution in [0.3, 0.4) is 0 Å². The van der Waals surface area contributed by atoms with E-state index in [2.05, 4.69) is 20.1 Å². The van der Waals surface area contributed by atoms with E-state index in [0.717, 1.165) is 22.6 Å². The molecule has 1 aromatic carbocycles. The summed E-state index contributed by atoms with van der Waals surface area (Å²) in [6, 6.07) is 13.3. The standard InChI is InChI=1S/C24H25N5O3/c1-31-21-8-5-18(16-22(21)32-2)6-10-24(30)29-14-12-28(13-15-29)23-9-7-20(26-27-23)19-4-3-11-25-17-19/h3-11,16-17H,12-15H2,1-2H3/b10-6+. The Hall–Kier alpha value is -3.94. The van der Waals surface area contributed by atoms with Gasteiger partial charge < -0.3 is 19.3 Å². The number of ether oxygens (including phenoxy) is 2. The fraction of sp³-hybridized carbons (Fsp3) is 0.250. The number of benzene rings is 1. The molecule has 3 heterocycles. The molecule has 1 aliphatic heterocycles. The van der Waals surface area contributed by atoms with Crippen molar-refractivity contribution in [2.75, 3.05) is 45.3 Å². The van der Waals surface area contributed by atoms with Crippen molar-refractivity contribution in [3.63, 3.8) is 0 Å². The molecule has 1 saturated heterocycles. The van der Waals surface area contributed by atoms with Crippen LogP contribution in [0.15, 0.2) is 60.9 Å². The Morgan fingerprint density at radius 3 is 2.44 bits per heavy atom. The molecule has 0 saturated carbocycles. The second-order valence-corrected chi connectivity index (χ2v) is 7.28. The highest BCUT2D eigenvalue weighted by Crippen LogP contribution is 2.28. The molecule has 2 aromatic heterocycles. The van der Waals surface area contributed by atoms with Crippen LogP contribution in [0.1, 0.15) is 5.56 Å². The Labute approximate surface area is 187 Å². The molecule has 3 aromatic rings. The quantitative estimate of drug-likeness (QED) is 0.555. The smallest absolute Gasteiger partial charge is 0.246 e. The van der Waals surface area contributed by atoms with E-state index in [1.807, 2.05) is 47.4 Å². The van der Waals surface area contributed by atoms with Crippen molar-refractivity contribution in [1.29, 1.82) is 0 Å². The number of hydrogen-bond acceptors (Lipinski definition) is 7. The number of anilines is 1. The van der Waals surface area contributed by atoms with Gasteiger partial charge in [0.05, 0.1) is 19.9 Å². The molecular weight excluding hydrogens is 406 g/mol. The van der Waals surface area contributed by atoms with Crippen molar-refractivity contribution < 1.29 is 14.3 Å². The number of carbonyl (C=O) groups excluding carboxylic acids is 1. The van der Waals surface area contributed by atoms with Crippen molar-refractivity contribution in [2.45, 2.75) is 0 Å². The lowest BCUT2D eigenvalue weighted by Gasteiger charge is -2.34. The van der Waals surface area contributed by atoms with Crippen molar-refractivity contribution in [3.05, 3.63) is 66.5 Å². The van der Waals surface area contributed by atoms with E-state index in [1.54, 1.807) is 38.8 Å². The van der Waals surface area contributed by atoms with Gasteiger partial charge in [-0.25, -0.2) is 0 Å². The summed E-state index contributed by atoms with van der Waals surface area (Å²) in [5.74, 6) is 2.08. The van der Waals surface area contributed by atoms with Crippen molar-refractivity contribution in [1.82, 2.24) is 20.1 Å². The first-order chi connectivity index (χ1) is 15.7. The van der Waals surface area contributed by atoms with Gasteiger partial charge in [-0.15, -0.1) is 10.2 Å². The summed E-state index contributed by atoms with van der Waals surface area (Å²) < 4.78 is 10.6. The maximum Gasteiger partial charge on any atom is 0.246 e. The summed E-state index contributed by atoms with van der Waals surface area (Å²) >= 11 is 0. The van der Waals surface area contributed by atoms with Crippen LogP contribution in [0.25, 0.3) is 17.3 Å². The fourth-order valence-corrected chi connectivity index (χ4v) is 3.55. The molecule has 0 bridgehead atoms. The first-order valence-electron chi connectivity index (χ1n) is 10.4. The van der Waals surface area contributed by atoms with Gasteiger partial charge >= 0.3 is 0 Å². The van der Waals surface area contributed by atoms with Crippen LogP contribution in [0.2, 0.25) is 0 Å². The lowest BCUT2D eigenvalue weighted by molar-refractivity contribution is -0.126. The van der Waals surface area contributed by atoms with E-state index in [9.17, 15) is 4.79 Å². The number of piperazine rings is 1. The minimum atomic E-state index is -0.0163. The van der Waals surface area contributed by atoms with E-state index < -0.39 is 0 Å². The van der Waals surface area contributed by atoms with E-state index >= 15 is 0 Å². The van der Waals surface area contributed by atoms with Gasteiger partial charge in [0, 0.05) is 50.2 Å². The topological polar surface area (TPSA) is 80.7 Å². The summed E-state index contributed by atoms with van der Waals surface area (Å²) in [4.78, 5) is 20.7. The third-order valence-corrected chi connectivity index (χ3v) is 5.35. The average Bonchev–Trinajstić information content (AvgIpc) is 2.87. The molecule has 0 aliphatic carbocycles. The summed E-state index contributed by atoms with van der Waals surface area (Å²) in [7, 11) is 3.18. The number of methoxy groups -OCH3 is 2. The molecule has 4 rings (SSSR count). The molecule has 0 spiro atoms. The molecular formula is C24H25N5O3. The molecule has 8 nitrogen and oxygen atoms in total. The molecule has 0 radical (unpaired) electrons. The van der Waals surface area contributed by atoms with Crippen molar-refractivity contribution in [3.8, 4) is 22.8 Å². The zero-order valence-electron chi connectivity index (χ0n) is 18.1. The highest BCUT2D eigenvalue weighted by Gasteiger charge is 2.21. The summed E-state index contributed by atoms with van der Waals surface area (Å²) in [6.07, 6.45) is 6.89. The number of carbonyl (C=O) groups is 1. The van der Waals surface area contributed by atoms with Gasteiger partial charge in [-0.3, -0.25) is 9.78 Å². The van der Waals surface area contributed by atoms with Gasteiger partial charge in [0.15, 0.2) is 17.3 Å². The second kappa shape index (κ2) is 9.91. The number of hydrogen-bond donors (Lipinski definition) is 0. The molecule has 0 unspecified atom stereocenters. The van der Waals surface area contributed by atoms with Crippen molar-refractivity contribution in [2.24, 2.45) is 0 Å². The van der Waals surface area contributed by atoms with Crippen LogP contribution in [-0.4, -0.2) is 66.4 Å². The van der Waals surface area contributed by atoms with Crippen LogP contribution in [0.5, 0.6) is 11.5 Å². The maximum absolute atomic E-state index is 12.6. The Morgan fingerprint density at radius 2 is 1.78 bits per heavy atom. The molecule has 1 amide bonds. The third-order valence-electron chi connectivity index (χ3n) is 5.35. The summed E-state index contributed by atoms with van der Waals surface area (Å²) in [5, 5.41) is 8.69. The molecule has 164 valence electrons. The molecule has 32 heavy (non-hydrogen) atoms. The van der Waals surface area contributed by atoms with E-state index in [1.165, 1.54) is 0 Å². The SMILES string of the molecule is COc1ccc(/C=C/C(=O)N2CCN(c3ccc(-c4cccnc4)nn3)CC2)cc1OC. The average molecular weight is 431 g/mol. The highest BCUT2D eigenvalue weighted by atomic mass is 16.5. The predicted octanol–water partition coefficient (Wildman–Crippen LogP) is 2.92. The second-order valence-electron chi connectivity index (χ2n) is 7.28. The molecule has 1 aliphatic rings. The number of pyridine rings is 1. The number of nitrogens with zero attached hydrogens (tertiary/aromatic N) is 5. The normalized spacial score (nSPS) is 13.9. The van der Waals surface area contributed by atoms with E-state index in [0.29, 0.717) is 37.7 Å². The Morgan fingerprint density at radius 1 is 0.969 bits per heavy atom. The Bertz CT molecular complexity index is 1080. The summed E-state index contributed by atoms with van der Waals surface area (Å²) in [6.45, 7) is 2.66. The van der Waals surface area contributed by atoms with E-state index in [4.69, 9.17) is 9.47 Å². The van der Waals surface area contributed by atoms with Gasteiger partial charge in [0.25, 0.3) is 0 Å². The van der Waals surface area contributed by atoms with Crippen molar-refractivity contribution >= 4 is 17.8 Å². The van der Waals surface area contributed by atoms with Gasteiger partial charge in [0.2, 0.25) is 5.91 Å². The molecule has 1 fully saturated rings. The lowest BCUT2D eigenvalue weighted by atomic mass is 10.2. The Kier molecular flexibility index (Phi) is 6.60. The maximum atomic E-state index is 12.6. The van der Waals surface area contributed by atoms with Gasteiger partial charge in [-0.05, 0) is 48.0 Å². The van der Waals surface area contributed by atoms with Crippen LogP contribution in [0.4, 0.5) is 5.82 Å². The van der Waals surface area contributed by atoms with E-state index in [-0.39, 0.29) is 5.91 Å². The van der Waals surface area contributed by atoms with Crippen LogP contribution in [0, 0.1) is 0 Å². The summed E-state index contributed by atoms with van der Waals surface area (Å²) in [5.41, 5.74) is 2.60. The van der Waals surface area contributed by atoms with Gasteiger partial charge in [-0.1, -0.05) is 6.07 Å². The molecule has 8 heteroatoms. The van der Waals surface area contributed by atoms with Crippen LogP contribution in [-0.2, 0) is 4.79 Å². The zero-order chi connectivity index (χ0) is 22.3. The predicted molar refractivity (Wildman–Crippen MR) is 123 cm³/mol. The number of amides is 1. The first-order valence-corrected chi connectivity index (χ1v) is 10.4. The third kappa shape index (κ3) is 4.85. The number of rotatable bonds is 6. The molecule has 0 atom stereocenters. The van der Waals surface area contributed by atoms with Gasteiger partial charge in [-0.2, -0.15) is 0 Å². The van der Waals surface area contributed by atoms with Crippen LogP contribution >= 0.6 is 0 Å². The van der Waals surface area contributed by atoms with Gasteiger partial charge in [0.1, 0.15) is 0 Å². The lowest BCUT2D eigenvalue weighted by Crippen LogP contribution is -2.48. The largest absolute Gasteiger partial charge is 0.493 e. The van der Waals surface area contributed by atoms with Crippen LogP contribution < -0.4 is 14.4 Å². The number of aromatic nitrogens is 3. The minimum Gasteiger partial charge on any atom is -0.493 e.